The van der Waals surface area contributed by atoms with Crippen molar-refractivity contribution in [1.82, 2.24) is 10.6 Å². The summed E-state index contributed by atoms with van der Waals surface area (Å²) in [5, 5.41) is 6.02. The highest BCUT2D eigenvalue weighted by Crippen LogP contribution is 2.28. The lowest BCUT2D eigenvalue weighted by atomic mass is 9.87. The SMILES string of the molecule is CCNC1=NC(N)(C(C)(C)C)NC(OC)=N1. The number of nitrogens with zero attached hydrogens (tertiary/aromatic N) is 2. The van der Waals surface area contributed by atoms with E-state index < -0.39 is 5.79 Å². The first-order valence-electron chi connectivity index (χ1n) is 5.36. The Bertz CT molecular complexity index is 318. The van der Waals surface area contributed by atoms with Crippen LogP contribution in [0.5, 0.6) is 0 Å². The van der Waals surface area contributed by atoms with Crippen LogP contribution in [0.4, 0.5) is 0 Å². The first-order chi connectivity index (χ1) is 7.32. The summed E-state index contributed by atoms with van der Waals surface area (Å²) in [6, 6.07) is 0.378. The number of nitrogens with two attached hydrogens (primary N) is 1. The van der Waals surface area contributed by atoms with Crippen LogP contribution in [-0.4, -0.2) is 31.4 Å². The Hall–Kier alpha value is -1.30. The van der Waals surface area contributed by atoms with Gasteiger partial charge in [0.2, 0.25) is 5.96 Å². The van der Waals surface area contributed by atoms with E-state index in [-0.39, 0.29) is 5.41 Å². The molecule has 1 rings (SSSR count). The van der Waals surface area contributed by atoms with E-state index in [1.54, 1.807) is 7.11 Å². The maximum Gasteiger partial charge on any atom is 0.295 e. The normalized spacial score (nSPS) is 25.4. The third-order valence-electron chi connectivity index (χ3n) is 2.46. The molecule has 1 unspecified atom stereocenters. The fourth-order valence-electron chi connectivity index (χ4n) is 1.20. The molecule has 0 aromatic heterocycles. The summed E-state index contributed by atoms with van der Waals surface area (Å²) in [7, 11) is 1.55. The van der Waals surface area contributed by atoms with E-state index in [1.807, 2.05) is 27.7 Å². The fraction of sp³-hybridized carbons (Fsp3) is 0.800. The topological polar surface area (TPSA) is 84.0 Å². The average Bonchev–Trinajstić information content (AvgIpc) is 2.15. The van der Waals surface area contributed by atoms with Crippen molar-refractivity contribution in [2.24, 2.45) is 21.1 Å². The average molecular weight is 227 g/mol. The van der Waals surface area contributed by atoms with Crippen LogP contribution in [0.2, 0.25) is 0 Å². The van der Waals surface area contributed by atoms with Gasteiger partial charge < -0.3 is 15.4 Å². The number of ether oxygens (including phenoxy) is 1. The van der Waals surface area contributed by atoms with Crippen LogP contribution in [0.1, 0.15) is 27.7 Å². The standard InChI is InChI=1S/C10H21N5O/c1-6-12-7-13-8(16-5)15-10(11,14-7)9(2,3)4/h6,11H2,1-5H3,(H2,12,13,14,15). The number of guanidine groups is 1. The van der Waals surface area contributed by atoms with E-state index in [0.29, 0.717) is 12.0 Å². The largest absolute Gasteiger partial charge is 0.468 e. The van der Waals surface area contributed by atoms with Gasteiger partial charge in [-0.2, -0.15) is 4.99 Å². The highest BCUT2D eigenvalue weighted by molar-refractivity contribution is 5.94. The van der Waals surface area contributed by atoms with E-state index in [0.717, 1.165) is 6.54 Å². The Morgan fingerprint density at radius 3 is 2.56 bits per heavy atom. The molecule has 1 aliphatic heterocycles. The van der Waals surface area contributed by atoms with E-state index in [4.69, 9.17) is 10.5 Å². The van der Waals surface area contributed by atoms with Gasteiger partial charge >= 0.3 is 0 Å². The maximum atomic E-state index is 6.22. The van der Waals surface area contributed by atoms with Crippen molar-refractivity contribution in [2.45, 2.75) is 33.5 Å². The van der Waals surface area contributed by atoms with Gasteiger partial charge in [0.05, 0.1) is 7.11 Å². The molecule has 16 heavy (non-hydrogen) atoms. The molecule has 0 spiro atoms. The van der Waals surface area contributed by atoms with Crippen LogP contribution in [0.3, 0.4) is 0 Å². The Kier molecular flexibility index (Phi) is 3.42. The molecule has 0 radical (unpaired) electrons. The second-order valence-corrected chi connectivity index (χ2v) is 4.73. The molecule has 4 N–H and O–H groups in total. The second-order valence-electron chi connectivity index (χ2n) is 4.73. The van der Waals surface area contributed by atoms with Crippen molar-refractivity contribution in [3.8, 4) is 0 Å². The van der Waals surface area contributed by atoms with Crippen molar-refractivity contribution in [3.63, 3.8) is 0 Å². The van der Waals surface area contributed by atoms with Crippen LogP contribution in [-0.2, 0) is 4.74 Å². The Labute approximate surface area is 96.4 Å². The number of hydrogen-bond acceptors (Lipinski definition) is 6. The highest BCUT2D eigenvalue weighted by atomic mass is 16.5. The van der Waals surface area contributed by atoms with Crippen molar-refractivity contribution >= 4 is 12.0 Å². The first kappa shape index (κ1) is 12.8. The van der Waals surface area contributed by atoms with Gasteiger partial charge in [-0.25, -0.2) is 4.99 Å². The minimum atomic E-state index is -0.919. The third kappa shape index (κ3) is 2.44. The predicted molar refractivity (Wildman–Crippen MR) is 65.1 cm³/mol. The molecular weight excluding hydrogens is 206 g/mol. The fourth-order valence-corrected chi connectivity index (χ4v) is 1.20. The van der Waals surface area contributed by atoms with Gasteiger partial charge in [0.15, 0.2) is 5.79 Å². The Morgan fingerprint density at radius 2 is 2.12 bits per heavy atom. The molecule has 0 aromatic carbocycles. The molecule has 6 heteroatoms. The number of aliphatic imine (C=N–C) groups is 2. The smallest absolute Gasteiger partial charge is 0.295 e. The zero-order valence-electron chi connectivity index (χ0n) is 10.6. The molecule has 0 amide bonds. The van der Waals surface area contributed by atoms with Crippen LogP contribution in [0.25, 0.3) is 0 Å². The molecule has 1 aliphatic rings. The van der Waals surface area contributed by atoms with Crippen molar-refractivity contribution < 1.29 is 4.74 Å². The maximum absolute atomic E-state index is 6.22. The zero-order chi connectivity index (χ0) is 12.4. The molecular formula is C10H21N5O. The molecule has 0 aromatic rings. The van der Waals surface area contributed by atoms with Crippen LogP contribution in [0.15, 0.2) is 9.98 Å². The van der Waals surface area contributed by atoms with Crippen LogP contribution >= 0.6 is 0 Å². The summed E-state index contributed by atoms with van der Waals surface area (Å²) < 4.78 is 5.10. The minimum Gasteiger partial charge on any atom is -0.468 e. The van der Waals surface area contributed by atoms with Gasteiger partial charge in [-0.15, -0.1) is 0 Å². The monoisotopic (exact) mass is 227 g/mol. The summed E-state index contributed by atoms with van der Waals surface area (Å²) in [4.78, 5) is 8.52. The van der Waals surface area contributed by atoms with Gasteiger partial charge in [0.25, 0.3) is 6.02 Å². The van der Waals surface area contributed by atoms with Crippen molar-refractivity contribution in [1.29, 1.82) is 0 Å². The van der Waals surface area contributed by atoms with Gasteiger partial charge in [0, 0.05) is 12.0 Å². The lowest BCUT2D eigenvalue weighted by Crippen LogP contribution is -2.65. The van der Waals surface area contributed by atoms with Gasteiger partial charge in [0.1, 0.15) is 0 Å². The van der Waals surface area contributed by atoms with Gasteiger partial charge in [-0.05, 0) is 6.92 Å². The number of rotatable bonds is 1. The van der Waals surface area contributed by atoms with E-state index in [1.165, 1.54) is 0 Å². The summed E-state index contributed by atoms with van der Waals surface area (Å²) in [5.74, 6) is -0.423. The van der Waals surface area contributed by atoms with Gasteiger partial charge in [-0.1, -0.05) is 20.8 Å². The van der Waals surface area contributed by atoms with E-state index >= 15 is 0 Å². The molecule has 1 heterocycles. The summed E-state index contributed by atoms with van der Waals surface area (Å²) in [6.45, 7) is 8.73. The van der Waals surface area contributed by atoms with Crippen molar-refractivity contribution in [2.75, 3.05) is 13.7 Å². The molecule has 6 nitrogen and oxygen atoms in total. The Balaban J connectivity index is 3.04. The molecule has 0 aliphatic carbocycles. The van der Waals surface area contributed by atoms with E-state index in [2.05, 4.69) is 20.6 Å². The molecule has 0 saturated heterocycles. The molecule has 0 fully saturated rings. The lowest BCUT2D eigenvalue weighted by molar-refractivity contribution is 0.161. The first-order valence-corrected chi connectivity index (χ1v) is 5.36. The van der Waals surface area contributed by atoms with Crippen LogP contribution in [0, 0.1) is 5.41 Å². The lowest BCUT2D eigenvalue weighted by Gasteiger charge is -2.40. The number of amidine groups is 1. The quantitative estimate of drug-likeness (QED) is 0.598. The van der Waals surface area contributed by atoms with Gasteiger partial charge in [-0.3, -0.25) is 5.73 Å². The molecule has 0 saturated carbocycles. The summed E-state index contributed by atoms with van der Waals surface area (Å²) >= 11 is 0. The number of hydrogen-bond donors (Lipinski definition) is 3. The van der Waals surface area contributed by atoms with Crippen LogP contribution < -0.4 is 16.4 Å². The molecule has 92 valence electrons. The minimum absolute atomic E-state index is 0.257. The zero-order valence-corrected chi connectivity index (χ0v) is 10.6. The van der Waals surface area contributed by atoms with E-state index in [9.17, 15) is 0 Å². The number of nitrogens with one attached hydrogen (secondary N) is 2. The highest BCUT2D eigenvalue weighted by Gasteiger charge is 2.42. The summed E-state index contributed by atoms with van der Waals surface area (Å²) in [6.07, 6.45) is 0. The number of methoxy groups -OCH3 is 1. The summed E-state index contributed by atoms with van der Waals surface area (Å²) in [5.41, 5.74) is 5.97. The molecule has 1 atom stereocenters. The second kappa shape index (κ2) is 4.29. The Morgan fingerprint density at radius 1 is 1.50 bits per heavy atom. The predicted octanol–water partition coefficient (Wildman–Crippen LogP) is 0.216. The molecule has 0 bridgehead atoms. The third-order valence-corrected chi connectivity index (χ3v) is 2.46. The van der Waals surface area contributed by atoms with Crippen molar-refractivity contribution in [3.05, 3.63) is 0 Å².